The Labute approximate surface area is 143 Å². The highest BCUT2D eigenvalue weighted by Gasteiger charge is 2.40. The Hall–Kier alpha value is -1.84. The highest BCUT2D eigenvalue weighted by molar-refractivity contribution is 5.94. The summed E-state index contributed by atoms with van der Waals surface area (Å²) >= 11 is 0. The molecule has 0 radical (unpaired) electrons. The summed E-state index contributed by atoms with van der Waals surface area (Å²) in [5, 5.41) is 0. The number of nitrogens with zero attached hydrogens (tertiary/aromatic N) is 2. The first-order valence-corrected chi connectivity index (χ1v) is 9.33. The largest absolute Gasteiger partial charge is 0.339 e. The van der Waals surface area contributed by atoms with Crippen molar-refractivity contribution in [2.75, 3.05) is 26.2 Å². The summed E-state index contributed by atoms with van der Waals surface area (Å²) in [6, 6.07) is 9.41. The Bertz CT molecular complexity index is 607. The van der Waals surface area contributed by atoms with E-state index in [0.717, 1.165) is 23.8 Å². The molecule has 0 spiro atoms. The second-order valence-corrected chi connectivity index (χ2v) is 7.68. The molecule has 0 unspecified atom stereocenters. The summed E-state index contributed by atoms with van der Waals surface area (Å²) in [5.74, 6) is 2.71. The number of carbonyl (C=O) groups is 2. The van der Waals surface area contributed by atoms with Gasteiger partial charge in [-0.1, -0.05) is 24.6 Å². The summed E-state index contributed by atoms with van der Waals surface area (Å²) < 4.78 is 0. The Morgan fingerprint density at radius 1 is 0.917 bits per heavy atom. The quantitative estimate of drug-likeness (QED) is 0.857. The fourth-order valence-electron chi connectivity index (χ4n) is 4.90. The number of piperazine rings is 1. The predicted octanol–water partition coefficient (Wildman–Crippen LogP) is 2.80. The van der Waals surface area contributed by atoms with E-state index in [1.54, 1.807) is 0 Å². The molecule has 2 saturated carbocycles. The smallest absolute Gasteiger partial charge is 0.253 e. The Morgan fingerprint density at radius 3 is 2.25 bits per heavy atom. The zero-order valence-electron chi connectivity index (χ0n) is 14.2. The molecule has 24 heavy (non-hydrogen) atoms. The second kappa shape index (κ2) is 6.58. The maximum atomic E-state index is 12.6. The third-order valence-electron chi connectivity index (χ3n) is 6.26. The van der Waals surface area contributed by atoms with Crippen LogP contribution < -0.4 is 0 Å². The van der Waals surface area contributed by atoms with Gasteiger partial charge in [-0.2, -0.15) is 0 Å². The van der Waals surface area contributed by atoms with Gasteiger partial charge >= 0.3 is 0 Å². The summed E-state index contributed by atoms with van der Waals surface area (Å²) in [7, 11) is 0. The molecule has 2 aliphatic carbocycles. The molecule has 1 aliphatic heterocycles. The third kappa shape index (κ3) is 3.06. The topological polar surface area (TPSA) is 40.6 Å². The lowest BCUT2D eigenvalue weighted by molar-refractivity contribution is -0.134. The monoisotopic (exact) mass is 326 g/mol. The first-order valence-electron chi connectivity index (χ1n) is 9.33. The van der Waals surface area contributed by atoms with Gasteiger partial charge in [-0.05, 0) is 49.1 Å². The van der Waals surface area contributed by atoms with Gasteiger partial charge in [-0.25, -0.2) is 0 Å². The zero-order chi connectivity index (χ0) is 16.5. The van der Waals surface area contributed by atoms with E-state index in [9.17, 15) is 9.59 Å². The van der Waals surface area contributed by atoms with Crippen LogP contribution in [-0.4, -0.2) is 47.8 Å². The van der Waals surface area contributed by atoms with Crippen LogP contribution in [-0.2, 0) is 4.79 Å². The van der Waals surface area contributed by atoms with Crippen LogP contribution in [0.4, 0.5) is 0 Å². The zero-order valence-corrected chi connectivity index (χ0v) is 14.2. The summed E-state index contributed by atoms with van der Waals surface area (Å²) in [4.78, 5) is 28.9. The normalized spacial score (nSPS) is 29.1. The minimum Gasteiger partial charge on any atom is -0.339 e. The van der Waals surface area contributed by atoms with E-state index >= 15 is 0 Å². The molecule has 1 aromatic rings. The molecule has 2 bridgehead atoms. The average Bonchev–Trinajstić information content (AvgIpc) is 3.25. The number of hydrogen-bond donors (Lipinski definition) is 0. The molecule has 0 aromatic heterocycles. The van der Waals surface area contributed by atoms with Gasteiger partial charge in [0.1, 0.15) is 0 Å². The highest BCUT2D eigenvalue weighted by Crippen LogP contribution is 2.49. The van der Waals surface area contributed by atoms with E-state index in [1.807, 2.05) is 40.1 Å². The maximum absolute atomic E-state index is 12.6. The fourth-order valence-corrected chi connectivity index (χ4v) is 4.90. The van der Waals surface area contributed by atoms with Crippen molar-refractivity contribution in [3.8, 4) is 0 Å². The SMILES string of the molecule is O=C(C[C@@H]1C[C@@H]2CC[C@@H]1C2)N1CCN(C(=O)c2ccccc2)CC1. The first-order chi connectivity index (χ1) is 11.7. The van der Waals surface area contributed by atoms with Crippen LogP contribution in [0.2, 0.25) is 0 Å². The van der Waals surface area contributed by atoms with Crippen molar-refractivity contribution in [3.05, 3.63) is 35.9 Å². The summed E-state index contributed by atoms with van der Waals surface area (Å²) in [5.41, 5.74) is 0.735. The molecule has 3 atom stereocenters. The molecular formula is C20H26N2O2. The van der Waals surface area contributed by atoms with E-state index in [0.29, 0.717) is 38.0 Å². The first kappa shape index (κ1) is 15.7. The molecular weight excluding hydrogens is 300 g/mol. The molecule has 1 aromatic carbocycles. The van der Waals surface area contributed by atoms with Crippen LogP contribution in [0.5, 0.6) is 0 Å². The lowest BCUT2D eigenvalue weighted by Crippen LogP contribution is -2.51. The number of benzene rings is 1. The lowest BCUT2D eigenvalue weighted by Gasteiger charge is -2.35. The Kier molecular flexibility index (Phi) is 4.30. The average molecular weight is 326 g/mol. The molecule has 1 heterocycles. The van der Waals surface area contributed by atoms with E-state index in [2.05, 4.69) is 0 Å². The van der Waals surface area contributed by atoms with Gasteiger partial charge in [0.25, 0.3) is 5.91 Å². The van der Waals surface area contributed by atoms with Crippen LogP contribution in [0, 0.1) is 17.8 Å². The number of amides is 2. The van der Waals surface area contributed by atoms with Gasteiger partial charge in [0.15, 0.2) is 0 Å². The minimum absolute atomic E-state index is 0.0794. The van der Waals surface area contributed by atoms with Crippen molar-refractivity contribution in [3.63, 3.8) is 0 Å². The second-order valence-electron chi connectivity index (χ2n) is 7.68. The molecule has 4 nitrogen and oxygen atoms in total. The highest BCUT2D eigenvalue weighted by atomic mass is 16.2. The molecule has 4 rings (SSSR count). The van der Waals surface area contributed by atoms with Crippen molar-refractivity contribution >= 4 is 11.8 Å². The van der Waals surface area contributed by atoms with Crippen molar-refractivity contribution in [2.45, 2.75) is 32.1 Å². The molecule has 2 amide bonds. The van der Waals surface area contributed by atoms with Gasteiger partial charge in [0.2, 0.25) is 5.91 Å². The molecule has 1 saturated heterocycles. The van der Waals surface area contributed by atoms with Crippen LogP contribution in [0.1, 0.15) is 42.5 Å². The van der Waals surface area contributed by atoms with Gasteiger partial charge in [-0.3, -0.25) is 9.59 Å². The number of fused-ring (bicyclic) bond motifs is 2. The van der Waals surface area contributed by atoms with Gasteiger partial charge in [0, 0.05) is 38.2 Å². The van der Waals surface area contributed by atoms with Crippen LogP contribution in [0.25, 0.3) is 0 Å². The molecule has 4 heteroatoms. The lowest BCUT2D eigenvalue weighted by atomic mass is 9.86. The van der Waals surface area contributed by atoms with E-state index in [4.69, 9.17) is 0 Å². The summed E-state index contributed by atoms with van der Waals surface area (Å²) in [6.45, 7) is 2.66. The Morgan fingerprint density at radius 2 is 1.62 bits per heavy atom. The number of carbonyl (C=O) groups excluding carboxylic acids is 2. The number of rotatable bonds is 3. The van der Waals surface area contributed by atoms with E-state index in [1.165, 1.54) is 25.7 Å². The van der Waals surface area contributed by atoms with Crippen molar-refractivity contribution < 1.29 is 9.59 Å². The molecule has 0 N–H and O–H groups in total. The Balaban J connectivity index is 1.28. The van der Waals surface area contributed by atoms with Crippen LogP contribution in [0.15, 0.2) is 30.3 Å². The minimum atomic E-state index is 0.0794. The fraction of sp³-hybridized carbons (Fsp3) is 0.600. The van der Waals surface area contributed by atoms with Gasteiger partial charge in [-0.15, -0.1) is 0 Å². The summed E-state index contributed by atoms with van der Waals surface area (Å²) in [6.07, 6.45) is 6.07. The van der Waals surface area contributed by atoms with Gasteiger partial charge in [0.05, 0.1) is 0 Å². The van der Waals surface area contributed by atoms with Gasteiger partial charge < -0.3 is 9.80 Å². The standard InChI is InChI=1S/C20H26N2O2/c23-19(14-18-13-15-6-7-17(18)12-15)21-8-10-22(11-9-21)20(24)16-4-2-1-3-5-16/h1-5,15,17-18H,6-14H2/t15-,17-,18+/m1/s1. The maximum Gasteiger partial charge on any atom is 0.253 e. The number of hydrogen-bond acceptors (Lipinski definition) is 2. The van der Waals surface area contributed by atoms with Crippen LogP contribution >= 0.6 is 0 Å². The predicted molar refractivity (Wildman–Crippen MR) is 92.5 cm³/mol. The van der Waals surface area contributed by atoms with Crippen molar-refractivity contribution in [2.24, 2.45) is 17.8 Å². The van der Waals surface area contributed by atoms with E-state index < -0.39 is 0 Å². The van der Waals surface area contributed by atoms with Crippen LogP contribution in [0.3, 0.4) is 0 Å². The third-order valence-corrected chi connectivity index (χ3v) is 6.26. The van der Waals surface area contributed by atoms with Crippen molar-refractivity contribution in [1.29, 1.82) is 0 Å². The van der Waals surface area contributed by atoms with E-state index in [-0.39, 0.29) is 5.91 Å². The molecule has 3 aliphatic rings. The van der Waals surface area contributed by atoms with Crippen molar-refractivity contribution in [1.82, 2.24) is 9.80 Å². The molecule has 128 valence electrons. The molecule has 3 fully saturated rings.